The average molecular weight is 248 g/mol. The number of hydrogen-bond acceptors (Lipinski definition) is 6. The summed E-state index contributed by atoms with van der Waals surface area (Å²) in [7, 11) is 0. The van der Waals surface area contributed by atoms with Gasteiger partial charge in [-0.3, -0.25) is 4.79 Å². The summed E-state index contributed by atoms with van der Waals surface area (Å²) in [6.07, 6.45) is 1.35. The lowest BCUT2D eigenvalue weighted by atomic mass is 10.2. The molecule has 0 aliphatic carbocycles. The summed E-state index contributed by atoms with van der Waals surface area (Å²) in [5.74, 6) is -0.216. The highest BCUT2D eigenvalue weighted by Gasteiger charge is 2.06. The molecule has 1 heterocycles. The molecule has 3 N–H and O–H groups in total. The molecular formula is C11H12N4O3. The van der Waals surface area contributed by atoms with Gasteiger partial charge in [0.1, 0.15) is 25.2 Å². The van der Waals surface area contributed by atoms with Gasteiger partial charge < -0.3 is 15.6 Å². The molecule has 18 heavy (non-hydrogen) atoms. The predicted octanol–water partition coefficient (Wildman–Crippen LogP) is 0.309. The number of esters is 1. The molecule has 1 aromatic heterocycles. The summed E-state index contributed by atoms with van der Waals surface area (Å²) < 4.78 is 6.31. The molecule has 2 rings (SSSR count). The third-order valence-electron chi connectivity index (χ3n) is 2.16. The Labute approximate surface area is 103 Å². The lowest BCUT2D eigenvalue weighted by Gasteiger charge is -2.05. The molecule has 2 aromatic rings. The van der Waals surface area contributed by atoms with E-state index in [1.54, 1.807) is 18.2 Å². The number of nitrogens with two attached hydrogens (primary N) is 1. The van der Waals surface area contributed by atoms with E-state index in [1.807, 2.05) is 0 Å². The zero-order chi connectivity index (χ0) is 13.0. The molecule has 0 radical (unpaired) electrons. The molecule has 0 fully saturated rings. The van der Waals surface area contributed by atoms with Crippen molar-refractivity contribution in [3.05, 3.63) is 36.2 Å². The van der Waals surface area contributed by atoms with Crippen molar-refractivity contribution in [2.75, 3.05) is 5.73 Å². The van der Waals surface area contributed by atoms with E-state index in [9.17, 15) is 9.90 Å². The van der Waals surface area contributed by atoms with Crippen molar-refractivity contribution in [1.82, 2.24) is 14.8 Å². The Morgan fingerprint density at radius 2 is 2.33 bits per heavy atom. The van der Waals surface area contributed by atoms with Crippen LogP contribution < -0.4 is 5.73 Å². The van der Waals surface area contributed by atoms with Gasteiger partial charge in [0.05, 0.1) is 0 Å². The molecule has 0 amide bonds. The molecule has 0 bridgehead atoms. The summed E-state index contributed by atoms with van der Waals surface area (Å²) in [5, 5.41) is 13.0. The van der Waals surface area contributed by atoms with Crippen molar-refractivity contribution in [3.63, 3.8) is 0 Å². The van der Waals surface area contributed by atoms with Crippen LogP contribution in [0.5, 0.6) is 5.75 Å². The highest BCUT2D eigenvalue weighted by atomic mass is 16.5. The van der Waals surface area contributed by atoms with Crippen LogP contribution in [0.1, 0.15) is 5.56 Å². The second-order valence-electron chi connectivity index (χ2n) is 3.63. The monoisotopic (exact) mass is 248 g/mol. The number of rotatable bonds is 4. The van der Waals surface area contributed by atoms with Crippen molar-refractivity contribution < 1.29 is 14.6 Å². The van der Waals surface area contributed by atoms with Crippen molar-refractivity contribution >= 4 is 11.9 Å². The molecule has 94 valence electrons. The van der Waals surface area contributed by atoms with Gasteiger partial charge in [0.25, 0.3) is 0 Å². The number of phenolic OH excluding ortho intramolecular Hbond substituents is 1. The van der Waals surface area contributed by atoms with Gasteiger partial charge in [-0.05, 0) is 17.7 Å². The maximum Gasteiger partial charge on any atom is 0.328 e. The third kappa shape index (κ3) is 3.21. The summed E-state index contributed by atoms with van der Waals surface area (Å²) in [4.78, 5) is 15.2. The SMILES string of the molecule is Nc1ncn(CC(=O)OCc2cccc(O)c2)n1. The molecular weight excluding hydrogens is 236 g/mol. The Morgan fingerprint density at radius 1 is 1.50 bits per heavy atom. The quantitative estimate of drug-likeness (QED) is 0.755. The topological polar surface area (TPSA) is 103 Å². The van der Waals surface area contributed by atoms with Crippen LogP contribution >= 0.6 is 0 Å². The largest absolute Gasteiger partial charge is 0.508 e. The molecule has 0 aliphatic heterocycles. The van der Waals surface area contributed by atoms with Crippen LogP contribution in [-0.4, -0.2) is 25.8 Å². The Balaban J connectivity index is 1.85. The number of carbonyl (C=O) groups excluding carboxylic acids is 1. The standard InChI is InChI=1S/C11H12N4O3/c12-11-13-7-15(14-11)5-10(17)18-6-8-2-1-3-9(16)4-8/h1-4,7,16H,5-6H2,(H2,12,14). The van der Waals surface area contributed by atoms with Crippen molar-refractivity contribution in [2.24, 2.45) is 0 Å². The van der Waals surface area contributed by atoms with Crippen LogP contribution in [-0.2, 0) is 22.7 Å². The lowest BCUT2D eigenvalue weighted by Crippen LogP contribution is -2.14. The average Bonchev–Trinajstić information content (AvgIpc) is 2.72. The van der Waals surface area contributed by atoms with E-state index in [0.717, 1.165) is 0 Å². The normalized spacial score (nSPS) is 10.2. The number of benzene rings is 1. The Bertz CT molecular complexity index is 553. The summed E-state index contributed by atoms with van der Waals surface area (Å²) in [6.45, 7) is 0.0421. The second kappa shape index (κ2) is 5.17. The third-order valence-corrected chi connectivity index (χ3v) is 2.16. The van der Waals surface area contributed by atoms with Gasteiger partial charge in [-0.25, -0.2) is 9.67 Å². The summed E-state index contributed by atoms with van der Waals surface area (Å²) in [6, 6.07) is 6.50. The number of ether oxygens (including phenoxy) is 1. The van der Waals surface area contributed by atoms with Crippen LogP contribution in [0.25, 0.3) is 0 Å². The van der Waals surface area contributed by atoms with Crippen molar-refractivity contribution in [3.8, 4) is 5.75 Å². The molecule has 0 atom stereocenters. The van der Waals surface area contributed by atoms with E-state index in [1.165, 1.54) is 17.1 Å². The number of phenols is 1. The van der Waals surface area contributed by atoms with Gasteiger partial charge in [-0.2, -0.15) is 0 Å². The Kier molecular flexibility index (Phi) is 3.42. The van der Waals surface area contributed by atoms with E-state index in [4.69, 9.17) is 10.5 Å². The zero-order valence-corrected chi connectivity index (χ0v) is 9.48. The molecule has 0 spiro atoms. The Morgan fingerprint density at radius 3 is 3.00 bits per heavy atom. The van der Waals surface area contributed by atoms with Crippen LogP contribution in [0.2, 0.25) is 0 Å². The van der Waals surface area contributed by atoms with E-state index < -0.39 is 5.97 Å². The smallest absolute Gasteiger partial charge is 0.328 e. The summed E-state index contributed by atoms with van der Waals surface area (Å²) >= 11 is 0. The Hall–Kier alpha value is -2.57. The number of anilines is 1. The van der Waals surface area contributed by atoms with E-state index in [0.29, 0.717) is 5.56 Å². The maximum absolute atomic E-state index is 11.5. The number of hydrogen-bond donors (Lipinski definition) is 2. The van der Waals surface area contributed by atoms with Gasteiger partial charge in [-0.15, -0.1) is 5.10 Å². The van der Waals surface area contributed by atoms with Crippen LogP contribution in [0.15, 0.2) is 30.6 Å². The lowest BCUT2D eigenvalue weighted by molar-refractivity contribution is -0.145. The highest BCUT2D eigenvalue weighted by molar-refractivity contribution is 5.69. The molecule has 1 aromatic carbocycles. The minimum Gasteiger partial charge on any atom is -0.508 e. The van der Waals surface area contributed by atoms with Crippen LogP contribution in [0, 0.1) is 0 Å². The van der Waals surface area contributed by atoms with E-state index in [2.05, 4.69) is 10.1 Å². The molecule has 0 unspecified atom stereocenters. The number of nitrogen functional groups attached to an aromatic ring is 1. The fourth-order valence-electron chi connectivity index (χ4n) is 1.37. The summed E-state index contributed by atoms with van der Waals surface area (Å²) in [5.41, 5.74) is 6.02. The number of nitrogens with zero attached hydrogens (tertiary/aromatic N) is 3. The van der Waals surface area contributed by atoms with Gasteiger partial charge in [0.2, 0.25) is 5.95 Å². The van der Waals surface area contributed by atoms with Gasteiger partial charge >= 0.3 is 5.97 Å². The van der Waals surface area contributed by atoms with Gasteiger partial charge in [0.15, 0.2) is 0 Å². The first kappa shape index (κ1) is 11.9. The maximum atomic E-state index is 11.5. The number of aromatic hydroxyl groups is 1. The first-order valence-corrected chi connectivity index (χ1v) is 5.22. The minimum atomic E-state index is -0.455. The number of carbonyl (C=O) groups is 1. The van der Waals surface area contributed by atoms with Crippen molar-refractivity contribution in [1.29, 1.82) is 0 Å². The molecule has 0 saturated heterocycles. The van der Waals surface area contributed by atoms with Crippen LogP contribution in [0.3, 0.4) is 0 Å². The number of aromatic nitrogens is 3. The highest BCUT2D eigenvalue weighted by Crippen LogP contribution is 2.11. The van der Waals surface area contributed by atoms with Gasteiger partial charge in [0, 0.05) is 0 Å². The van der Waals surface area contributed by atoms with Gasteiger partial charge in [-0.1, -0.05) is 12.1 Å². The van der Waals surface area contributed by atoms with Crippen molar-refractivity contribution in [2.45, 2.75) is 13.2 Å². The van der Waals surface area contributed by atoms with E-state index >= 15 is 0 Å². The molecule has 7 heteroatoms. The molecule has 0 saturated carbocycles. The zero-order valence-electron chi connectivity index (χ0n) is 9.48. The van der Waals surface area contributed by atoms with Crippen LogP contribution in [0.4, 0.5) is 5.95 Å². The minimum absolute atomic E-state index is 0.0526. The second-order valence-corrected chi connectivity index (χ2v) is 3.63. The fourth-order valence-corrected chi connectivity index (χ4v) is 1.37. The predicted molar refractivity (Wildman–Crippen MR) is 62.3 cm³/mol. The molecule has 0 aliphatic rings. The molecule has 7 nitrogen and oxygen atoms in total. The fraction of sp³-hybridized carbons (Fsp3) is 0.182. The first-order chi connectivity index (χ1) is 8.63. The van der Waals surface area contributed by atoms with E-state index in [-0.39, 0.29) is 24.8 Å². The first-order valence-electron chi connectivity index (χ1n) is 5.22.